The largest absolute Gasteiger partial charge is 0.481 e. The molecular formula is C13H16N2O2. The Balaban J connectivity index is 2.20. The molecule has 17 heavy (non-hydrogen) atoms. The van der Waals surface area contributed by atoms with Gasteiger partial charge in [-0.1, -0.05) is 19.1 Å². The van der Waals surface area contributed by atoms with Gasteiger partial charge in [0.05, 0.1) is 11.0 Å². The molecule has 2 aromatic rings. The lowest BCUT2D eigenvalue weighted by Gasteiger charge is -2.04. The second-order valence-electron chi connectivity index (χ2n) is 4.56. The topological polar surface area (TPSA) is 66.0 Å². The molecule has 2 N–H and O–H groups in total. The van der Waals surface area contributed by atoms with Crippen molar-refractivity contribution < 1.29 is 9.90 Å². The highest BCUT2D eigenvalue weighted by molar-refractivity contribution is 5.78. The van der Waals surface area contributed by atoms with Gasteiger partial charge in [0.25, 0.3) is 0 Å². The number of aromatic nitrogens is 2. The number of fused-ring (bicyclic) bond motifs is 1. The number of carbonyl (C=O) groups is 1. The molecule has 0 radical (unpaired) electrons. The van der Waals surface area contributed by atoms with Crippen LogP contribution in [0.5, 0.6) is 0 Å². The molecule has 1 atom stereocenters. The number of H-pyrrole nitrogens is 1. The Hall–Kier alpha value is -1.84. The van der Waals surface area contributed by atoms with E-state index in [-0.39, 0.29) is 12.3 Å². The number of aryl methyl sites for hydroxylation is 1. The third-order valence-electron chi connectivity index (χ3n) is 2.83. The summed E-state index contributed by atoms with van der Waals surface area (Å²) in [5.41, 5.74) is 3.13. The van der Waals surface area contributed by atoms with Gasteiger partial charge in [-0.3, -0.25) is 4.79 Å². The van der Waals surface area contributed by atoms with Crippen molar-refractivity contribution in [3.63, 3.8) is 0 Å². The average molecular weight is 232 g/mol. The first kappa shape index (κ1) is 11.6. The maximum Gasteiger partial charge on any atom is 0.303 e. The Morgan fingerprint density at radius 3 is 2.94 bits per heavy atom. The minimum Gasteiger partial charge on any atom is -0.481 e. The Labute approximate surface area is 99.7 Å². The molecule has 0 saturated heterocycles. The minimum atomic E-state index is -0.759. The van der Waals surface area contributed by atoms with E-state index < -0.39 is 5.97 Å². The number of nitrogens with one attached hydrogen (secondary N) is 1. The van der Waals surface area contributed by atoms with Gasteiger partial charge in [0.2, 0.25) is 0 Å². The molecule has 0 aliphatic heterocycles. The summed E-state index contributed by atoms with van der Waals surface area (Å²) in [6.45, 7) is 3.95. The third kappa shape index (κ3) is 2.64. The van der Waals surface area contributed by atoms with E-state index in [0.29, 0.717) is 6.42 Å². The first-order chi connectivity index (χ1) is 8.06. The van der Waals surface area contributed by atoms with Crippen molar-refractivity contribution in [3.05, 3.63) is 29.6 Å². The minimum absolute atomic E-state index is 0.0911. The maximum atomic E-state index is 10.6. The van der Waals surface area contributed by atoms with E-state index in [0.717, 1.165) is 22.4 Å². The molecule has 0 fully saturated rings. The lowest BCUT2D eigenvalue weighted by molar-refractivity contribution is -0.137. The molecule has 2 rings (SSSR count). The van der Waals surface area contributed by atoms with E-state index in [1.54, 1.807) is 0 Å². The molecule has 0 saturated carbocycles. The SMILES string of the molecule is Cc1cccc2[nH]c(CC(C)CC(=O)O)nc12. The zero-order valence-electron chi connectivity index (χ0n) is 10.0. The smallest absolute Gasteiger partial charge is 0.303 e. The molecule has 4 nitrogen and oxygen atoms in total. The number of carboxylic acid groups (broad SMARTS) is 1. The first-order valence-corrected chi connectivity index (χ1v) is 5.72. The lowest BCUT2D eigenvalue weighted by atomic mass is 10.0. The summed E-state index contributed by atoms with van der Waals surface area (Å²) < 4.78 is 0. The summed E-state index contributed by atoms with van der Waals surface area (Å²) in [4.78, 5) is 18.3. The van der Waals surface area contributed by atoms with Crippen LogP contribution in [-0.2, 0) is 11.2 Å². The van der Waals surface area contributed by atoms with Gasteiger partial charge in [0, 0.05) is 12.8 Å². The highest BCUT2D eigenvalue weighted by atomic mass is 16.4. The van der Waals surface area contributed by atoms with Crippen LogP contribution in [0.1, 0.15) is 24.7 Å². The van der Waals surface area contributed by atoms with Crippen LogP contribution in [0, 0.1) is 12.8 Å². The Morgan fingerprint density at radius 1 is 1.53 bits per heavy atom. The van der Waals surface area contributed by atoms with Crippen molar-refractivity contribution >= 4 is 17.0 Å². The van der Waals surface area contributed by atoms with Crippen molar-refractivity contribution in [2.24, 2.45) is 5.92 Å². The molecule has 1 aromatic carbocycles. The summed E-state index contributed by atoms with van der Waals surface area (Å²) in [6.07, 6.45) is 0.844. The highest BCUT2D eigenvalue weighted by Gasteiger charge is 2.11. The zero-order chi connectivity index (χ0) is 12.4. The van der Waals surface area contributed by atoms with Crippen molar-refractivity contribution in [3.8, 4) is 0 Å². The van der Waals surface area contributed by atoms with E-state index in [9.17, 15) is 4.79 Å². The molecule has 0 amide bonds. The fraction of sp³-hybridized carbons (Fsp3) is 0.385. The number of para-hydroxylation sites is 1. The van der Waals surface area contributed by atoms with Crippen molar-refractivity contribution in [2.45, 2.75) is 26.7 Å². The summed E-state index contributed by atoms with van der Waals surface area (Å²) >= 11 is 0. The second-order valence-corrected chi connectivity index (χ2v) is 4.56. The average Bonchev–Trinajstić information content (AvgIpc) is 2.60. The Morgan fingerprint density at radius 2 is 2.29 bits per heavy atom. The van der Waals surface area contributed by atoms with Crippen LogP contribution >= 0.6 is 0 Å². The predicted octanol–water partition coefficient (Wildman–Crippen LogP) is 2.52. The second kappa shape index (κ2) is 4.57. The third-order valence-corrected chi connectivity index (χ3v) is 2.83. The van der Waals surface area contributed by atoms with E-state index in [4.69, 9.17) is 5.11 Å². The highest BCUT2D eigenvalue weighted by Crippen LogP contribution is 2.17. The molecule has 0 aliphatic rings. The van der Waals surface area contributed by atoms with Crippen LogP contribution in [0.2, 0.25) is 0 Å². The lowest BCUT2D eigenvalue weighted by Crippen LogP contribution is -2.07. The molecule has 1 aromatic heterocycles. The standard InChI is InChI=1S/C13H16N2O2/c1-8(7-12(16)17)6-11-14-10-5-3-4-9(2)13(10)15-11/h3-5,8H,6-7H2,1-2H3,(H,14,15)(H,16,17). The Bertz CT molecular complexity index is 545. The van der Waals surface area contributed by atoms with Crippen molar-refractivity contribution in [1.82, 2.24) is 9.97 Å². The quantitative estimate of drug-likeness (QED) is 0.851. The van der Waals surface area contributed by atoms with Gasteiger partial charge >= 0.3 is 5.97 Å². The first-order valence-electron chi connectivity index (χ1n) is 5.72. The molecule has 1 heterocycles. The molecule has 90 valence electrons. The van der Waals surface area contributed by atoms with Crippen LogP contribution < -0.4 is 0 Å². The predicted molar refractivity (Wildman–Crippen MR) is 66.0 cm³/mol. The van der Waals surface area contributed by atoms with Gasteiger partial charge in [0.15, 0.2) is 0 Å². The molecular weight excluding hydrogens is 216 g/mol. The maximum absolute atomic E-state index is 10.6. The van der Waals surface area contributed by atoms with Crippen LogP contribution in [0.15, 0.2) is 18.2 Å². The van der Waals surface area contributed by atoms with Gasteiger partial charge in [0.1, 0.15) is 5.82 Å². The van der Waals surface area contributed by atoms with Gasteiger partial charge < -0.3 is 10.1 Å². The number of hydrogen-bond acceptors (Lipinski definition) is 2. The van der Waals surface area contributed by atoms with E-state index in [1.165, 1.54) is 0 Å². The number of rotatable bonds is 4. The summed E-state index contributed by atoms with van der Waals surface area (Å²) in [7, 11) is 0. The summed E-state index contributed by atoms with van der Waals surface area (Å²) in [5.74, 6) is 0.196. The van der Waals surface area contributed by atoms with Crippen molar-refractivity contribution in [1.29, 1.82) is 0 Å². The molecule has 4 heteroatoms. The number of nitrogens with zero attached hydrogens (tertiary/aromatic N) is 1. The number of carboxylic acids is 1. The molecule has 0 spiro atoms. The van der Waals surface area contributed by atoms with E-state index in [2.05, 4.69) is 9.97 Å². The van der Waals surface area contributed by atoms with Gasteiger partial charge in [-0.25, -0.2) is 4.98 Å². The van der Waals surface area contributed by atoms with Gasteiger partial charge in [-0.05, 0) is 24.5 Å². The number of aromatic amines is 1. The number of hydrogen-bond donors (Lipinski definition) is 2. The van der Waals surface area contributed by atoms with Crippen LogP contribution in [0.25, 0.3) is 11.0 Å². The van der Waals surface area contributed by atoms with Crippen molar-refractivity contribution in [2.75, 3.05) is 0 Å². The van der Waals surface area contributed by atoms with E-state index >= 15 is 0 Å². The van der Waals surface area contributed by atoms with Crippen LogP contribution in [-0.4, -0.2) is 21.0 Å². The number of benzene rings is 1. The van der Waals surface area contributed by atoms with Crippen LogP contribution in [0.4, 0.5) is 0 Å². The molecule has 1 unspecified atom stereocenters. The van der Waals surface area contributed by atoms with Gasteiger partial charge in [-0.15, -0.1) is 0 Å². The number of imidazole rings is 1. The summed E-state index contributed by atoms with van der Waals surface area (Å²) in [6, 6.07) is 5.99. The van der Waals surface area contributed by atoms with Crippen LogP contribution in [0.3, 0.4) is 0 Å². The molecule has 0 bridgehead atoms. The van der Waals surface area contributed by atoms with Gasteiger partial charge in [-0.2, -0.15) is 0 Å². The molecule has 0 aliphatic carbocycles. The number of aliphatic carboxylic acids is 1. The fourth-order valence-corrected chi connectivity index (χ4v) is 2.02. The monoisotopic (exact) mass is 232 g/mol. The summed E-state index contributed by atoms with van der Waals surface area (Å²) in [5, 5.41) is 8.72. The fourth-order valence-electron chi connectivity index (χ4n) is 2.02. The normalized spacial score (nSPS) is 12.8. The Kier molecular flexibility index (Phi) is 3.13. The van der Waals surface area contributed by atoms with E-state index in [1.807, 2.05) is 32.0 Å². The zero-order valence-corrected chi connectivity index (χ0v) is 10.0.